The van der Waals surface area contributed by atoms with Crippen molar-refractivity contribution in [3.8, 4) is 0 Å². The standard InChI is InChI=1S/C21H32N2O2/c1-12(2)17-15(22)11-14-13(18(17)23)7-8-16-20(14,3)9-6-10-21(16,4)19(24)25-5/h11-12,16H,6-10,22-23H2,1-5H3/t16-,20-,21-/m1/s1. The first-order valence-corrected chi connectivity index (χ1v) is 9.46. The van der Waals surface area contributed by atoms with Crippen LogP contribution in [0, 0.1) is 11.3 Å². The molecule has 0 radical (unpaired) electrons. The molecule has 1 saturated carbocycles. The summed E-state index contributed by atoms with van der Waals surface area (Å²) in [6, 6.07) is 2.15. The Balaban J connectivity index is 2.17. The second kappa shape index (κ2) is 5.93. The van der Waals surface area contributed by atoms with E-state index >= 15 is 0 Å². The van der Waals surface area contributed by atoms with E-state index in [1.54, 1.807) is 0 Å². The van der Waals surface area contributed by atoms with Gasteiger partial charge in [0, 0.05) is 16.9 Å². The summed E-state index contributed by atoms with van der Waals surface area (Å²) >= 11 is 0. The lowest BCUT2D eigenvalue weighted by Crippen LogP contribution is -2.52. The summed E-state index contributed by atoms with van der Waals surface area (Å²) in [5.74, 6) is 0.492. The Labute approximate surface area is 151 Å². The maximum atomic E-state index is 12.6. The Kier molecular flexibility index (Phi) is 4.29. The molecule has 0 spiro atoms. The van der Waals surface area contributed by atoms with Gasteiger partial charge >= 0.3 is 5.97 Å². The van der Waals surface area contributed by atoms with Crippen molar-refractivity contribution in [2.24, 2.45) is 11.3 Å². The Morgan fingerprint density at radius 1 is 1.28 bits per heavy atom. The smallest absolute Gasteiger partial charge is 0.311 e. The minimum Gasteiger partial charge on any atom is -0.469 e. The predicted octanol–water partition coefficient (Wildman–Crippen LogP) is 4.16. The number of esters is 1. The van der Waals surface area contributed by atoms with E-state index in [0.717, 1.165) is 49.0 Å². The summed E-state index contributed by atoms with van der Waals surface area (Å²) < 4.78 is 5.18. The van der Waals surface area contributed by atoms with Gasteiger partial charge in [-0.25, -0.2) is 0 Å². The van der Waals surface area contributed by atoms with E-state index in [9.17, 15) is 4.79 Å². The summed E-state index contributed by atoms with van der Waals surface area (Å²) in [7, 11) is 1.50. The average Bonchev–Trinajstić information content (AvgIpc) is 2.54. The SMILES string of the molecule is COC(=O)[C@]1(C)CCC[C@]2(C)c3cc(N)c(C(C)C)c(N)c3CC[C@@H]12. The van der Waals surface area contributed by atoms with Gasteiger partial charge in [-0.05, 0) is 67.1 Å². The Bertz CT molecular complexity index is 712. The molecule has 0 bridgehead atoms. The van der Waals surface area contributed by atoms with E-state index in [-0.39, 0.29) is 17.3 Å². The van der Waals surface area contributed by atoms with Gasteiger partial charge in [-0.3, -0.25) is 4.79 Å². The first kappa shape index (κ1) is 18.1. The number of carbonyl (C=O) groups is 1. The maximum absolute atomic E-state index is 12.6. The van der Waals surface area contributed by atoms with Crippen LogP contribution >= 0.6 is 0 Å². The Morgan fingerprint density at radius 2 is 1.96 bits per heavy atom. The second-order valence-electron chi connectivity index (χ2n) is 8.75. The highest BCUT2D eigenvalue weighted by Crippen LogP contribution is 2.59. The molecule has 0 heterocycles. The van der Waals surface area contributed by atoms with Crippen LogP contribution in [-0.4, -0.2) is 13.1 Å². The summed E-state index contributed by atoms with van der Waals surface area (Å²) in [6.07, 6.45) is 4.86. The number of benzene rings is 1. The van der Waals surface area contributed by atoms with Crippen LogP contribution in [0.15, 0.2) is 6.07 Å². The number of nitrogen functional groups attached to an aromatic ring is 2. The molecule has 1 aromatic rings. The van der Waals surface area contributed by atoms with Gasteiger partial charge in [0.15, 0.2) is 0 Å². The van der Waals surface area contributed by atoms with Crippen molar-refractivity contribution < 1.29 is 9.53 Å². The molecule has 0 amide bonds. The van der Waals surface area contributed by atoms with Gasteiger partial charge in [-0.15, -0.1) is 0 Å². The lowest BCUT2D eigenvalue weighted by Gasteiger charge is -2.54. The third-order valence-corrected chi connectivity index (χ3v) is 7.01. The highest BCUT2D eigenvalue weighted by molar-refractivity contribution is 5.78. The van der Waals surface area contributed by atoms with Crippen LogP contribution < -0.4 is 11.5 Å². The van der Waals surface area contributed by atoms with Crippen molar-refractivity contribution in [1.29, 1.82) is 0 Å². The molecule has 1 fully saturated rings. The van der Waals surface area contributed by atoms with Gasteiger partial charge in [0.2, 0.25) is 0 Å². The molecule has 3 atom stereocenters. The van der Waals surface area contributed by atoms with Crippen LogP contribution in [0.2, 0.25) is 0 Å². The van der Waals surface area contributed by atoms with Crippen molar-refractivity contribution in [2.75, 3.05) is 18.6 Å². The number of carbonyl (C=O) groups excluding carboxylic acids is 1. The van der Waals surface area contributed by atoms with Gasteiger partial charge in [0.05, 0.1) is 12.5 Å². The number of hydrogen-bond acceptors (Lipinski definition) is 4. The topological polar surface area (TPSA) is 78.3 Å². The second-order valence-corrected chi connectivity index (χ2v) is 8.75. The van der Waals surface area contributed by atoms with Crippen molar-refractivity contribution in [3.05, 3.63) is 22.8 Å². The van der Waals surface area contributed by atoms with Crippen molar-refractivity contribution in [1.82, 2.24) is 0 Å². The molecule has 2 aliphatic carbocycles. The maximum Gasteiger partial charge on any atom is 0.311 e. The van der Waals surface area contributed by atoms with Gasteiger partial charge < -0.3 is 16.2 Å². The van der Waals surface area contributed by atoms with Gasteiger partial charge in [-0.1, -0.05) is 27.2 Å². The molecule has 138 valence electrons. The molecule has 25 heavy (non-hydrogen) atoms. The van der Waals surface area contributed by atoms with E-state index in [0.29, 0.717) is 5.92 Å². The molecular formula is C21H32N2O2. The number of anilines is 2. The molecule has 0 aliphatic heterocycles. The number of methoxy groups -OCH3 is 1. The lowest BCUT2D eigenvalue weighted by molar-refractivity contribution is -0.161. The summed E-state index contributed by atoms with van der Waals surface area (Å²) in [4.78, 5) is 12.6. The quantitative estimate of drug-likeness (QED) is 0.624. The lowest BCUT2D eigenvalue weighted by atomic mass is 9.49. The van der Waals surface area contributed by atoms with Crippen LogP contribution in [0.1, 0.15) is 76.0 Å². The summed E-state index contributed by atoms with van der Waals surface area (Å²) in [5, 5.41) is 0. The van der Waals surface area contributed by atoms with Crippen molar-refractivity contribution in [2.45, 2.75) is 71.1 Å². The molecule has 1 aromatic carbocycles. The third kappa shape index (κ3) is 2.44. The fourth-order valence-corrected chi connectivity index (χ4v) is 5.81. The molecule has 2 aliphatic rings. The van der Waals surface area contributed by atoms with Crippen LogP contribution in [0.4, 0.5) is 11.4 Å². The zero-order valence-corrected chi connectivity index (χ0v) is 16.2. The highest BCUT2D eigenvalue weighted by Gasteiger charge is 2.56. The van der Waals surface area contributed by atoms with Gasteiger partial charge in [0.1, 0.15) is 0 Å². The van der Waals surface area contributed by atoms with E-state index in [2.05, 4.69) is 33.8 Å². The Hall–Kier alpha value is -1.71. The van der Waals surface area contributed by atoms with Gasteiger partial charge in [-0.2, -0.15) is 0 Å². The number of hydrogen-bond donors (Lipinski definition) is 2. The van der Waals surface area contributed by atoms with Crippen molar-refractivity contribution in [3.63, 3.8) is 0 Å². The number of rotatable bonds is 2. The molecule has 0 aromatic heterocycles. The van der Waals surface area contributed by atoms with Crippen LogP contribution in [0.3, 0.4) is 0 Å². The molecular weight excluding hydrogens is 312 g/mol. The van der Waals surface area contributed by atoms with Crippen LogP contribution in [0.5, 0.6) is 0 Å². The van der Waals surface area contributed by atoms with Crippen LogP contribution in [-0.2, 0) is 21.4 Å². The molecule has 4 nitrogen and oxygen atoms in total. The van der Waals surface area contributed by atoms with Crippen LogP contribution in [0.25, 0.3) is 0 Å². The molecule has 4 N–H and O–H groups in total. The van der Waals surface area contributed by atoms with Gasteiger partial charge in [0.25, 0.3) is 0 Å². The molecule has 0 saturated heterocycles. The number of fused-ring (bicyclic) bond motifs is 3. The van der Waals surface area contributed by atoms with E-state index < -0.39 is 5.41 Å². The number of nitrogens with two attached hydrogens (primary N) is 2. The van der Waals surface area contributed by atoms with E-state index in [4.69, 9.17) is 16.2 Å². The van der Waals surface area contributed by atoms with Crippen molar-refractivity contribution >= 4 is 17.3 Å². The zero-order valence-electron chi connectivity index (χ0n) is 16.2. The minimum absolute atomic E-state index is 0.0769. The molecule has 0 unspecified atom stereocenters. The number of ether oxygens (including phenoxy) is 1. The summed E-state index contributed by atoms with van der Waals surface area (Å²) in [5.41, 5.74) is 17.7. The van der Waals surface area contributed by atoms with E-state index in [1.165, 1.54) is 18.2 Å². The minimum atomic E-state index is -0.431. The average molecular weight is 344 g/mol. The molecule has 3 rings (SSSR count). The summed E-state index contributed by atoms with van der Waals surface area (Å²) in [6.45, 7) is 8.65. The fourth-order valence-electron chi connectivity index (χ4n) is 5.81. The first-order valence-electron chi connectivity index (χ1n) is 9.46. The normalized spacial score (nSPS) is 31.4. The Morgan fingerprint density at radius 3 is 2.56 bits per heavy atom. The zero-order chi connectivity index (χ0) is 18.6. The first-order chi connectivity index (χ1) is 11.7. The predicted molar refractivity (Wildman–Crippen MR) is 102 cm³/mol. The highest BCUT2D eigenvalue weighted by atomic mass is 16.5. The molecule has 4 heteroatoms. The third-order valence-electron chi connectivity index (χ3n) is 7.01. The van der Waals surface area contributed by atoms with E-state index in [1.807, 2.05) is 0 Å². The monoisotopic (exact) mass is 344 g/mol. The largest absolute Gasteiger partial charge is 0.469 e. The fraction of sp³-hybridized carbons (Fsp3) is 0.667.